The largest absolute Gasteiger partial charge is 0.361 e. The zero-order valence-corrected chi connectivity index (χ0v) is 9.09. The molecular formula is C11H13N3O2. The van der Waals surface area contributed by atoms with Crippen molar-refractivity contribution in [2.24, 2.45) is 0 Å². The lowest BCUT2D eigenvalue weighted by Crippen LogP contribution is -2.23. The Bertz CT molecular complexity index is 560. The highest BCUT2D eigenvalue weighted by Gasteiger charge is 2.25. The Hall–Kier alpha value is -1.78. The monoisotopic (exact) mass is 219 g/mol. The van der Waals surface area contributed by atoms with Crippen LogP contribution in [0.4, 0.5) is 0 Å². The standard InChI is InChI=1S/C11H13N3O2/c1-8-6-9(12-16-8)7-13-4-5-14(11(13)15)10-2-3-10/h4-6,10H,2-3,7H2,1H3. The molecule has 2 heterocycles. The molecule has 5 heteroatoms. The molecule has 2 aromatic rings. The lowest BCUT2D eigenvalue weighted by molar-refractivity contribution is 0.388. The molecule has 0 amide bonds. The van der Waals surface area contributed by atoms with Gasteiger partial charge in [0, 0.05) is 24.5 Å². The van der Waals surface area contributed by atoms with E-state index in [1.54, 1.807) is 9.13 Å². The van der Waals surface area contributed by atoms with E-state index in [1.165, 1.54) is 0 Å². The van der Waals surface area contributed by atoms with Crippen LogP contribution in [-0.4, -0.2) is 14.3 Å². The molecule has 0 atom stereocenters. The molecule has 0 aromatic carbocycles. The number of hydrogen-bond acceptors (Lipinski definition) is 3. The van der Waals surface area contributed by atoms with E-state index in [0.29, 0.717) is 12.6 Å². The fourth-order valence-electron chi connectivity index (χ4n) is 1.85. The van der Waals surface area contributed by atoms with Crippen LogP contribution in [-0.2, 0) is 6.54 Å². The zero-order valence-electron chi connectivity index (χ0n) is 9.09. The Balaban J connectivity index is 1.87. The Morgan fingerprint density at radius 3 is 2.94 bits per heavy atom. The third-order valence-electron chi connectivity index (χ3n) is 2.82. The molecule has 1 fully saturated rings. The van der Waals surface area contributed by atoms with Gasteiger partial charge in [-0.25, -0.2) is 4.79 Å². The maximum Gasteiger partial charge on any atom is 0.328 e. The van der Waals surface area contributed by atoms with Gasteiger partial charge in [0.25, 0.3) is 0 Å². The molecule has 0 aliphatic heterocycles. The molecular weight excluding hydrogens is 206 g/mol. The summed E-state index contributed by atoms with van der Waals surface area (Å²) >= 11 is 0. The lowest BCUT2D eigenvalue weighted by atomic mass is 10.4. The molecule has 0 N–H and O–H groups in total. The van der Waals surface area contributed by atoms with Crippen molar-refractivity contribution in [2.45, 2.75) is 32.4 Å². The van der Waals surface area contributed by atoms with Gasteiger partial charge in [-0.05, 0) is 19.8 Å². The van der Waals surface area contributed by atoms with Gasteiger partial charge in [-0.2, -0.15) is 0 Å². The third-order valence-corrected chi connectivity index (χ3v) is 2.82. The highest BCUT2D eigenvalue weighted by molar-refractivity contribution is 5.05. The van der Waals surface area contributed by atoms with Crippen molar-refractivity contribution in [3.8, 4) is 0 Å². The Kier molecular flexibility index (Phi) is 1.99. The van der Waals surface area contributed by atoms with Crippen molar-refractivity contribution in [1.82, 2.24) is 14.3 Å². The number of hydrogen-bond donors (Lipinski definition) is 0. The third kappa shape index (κ3) is 1.58. The summed E-state index contributed by atoms with van der Waals surface area (Å²) in [5.41, 5.74) is 0.830. The molecule has 5 nitrogen and oxygen atoms in total. The summed E-state index contributed by atoms with van der Waals surface area (Å²) in [6, 6.07) is 2.27. The quantitative estimate of drug-likeness (QED) is 0.782. The molecule has 3 rings (SSSR count). The summed E-state index contributed by atoms with van der Waals surface area (Å²) in [6.07, 6.45) is 5.90. The van der Waals surface area contributed by atoms with Crippen molar-refractivity contribution >= 4 is 0 Å². The van der Waals surface area contributed by atoms with E-state index < -0.39 is 0 Å². The Morgan fingerprint density at radius 2 is 2.31 bits per heavy atom. The molecule has 0 unspecified atom stereocenters. The van der Waals surface area contributed by atoms with Gasteiger partial charge in [0.05, 0.1) is 6.54 Å². The van der Waals surface area contributed by atoms with Crippen LogP contribution < -0.4 is 5.69 Å². The summed E-state index contributed by atoms with van der Waals surface area (Å²) in [5, 5.41) is 3.88. The first-order valence-corrected chi connectivity index (χ1v) is 5.43. The maximum atomic E-state index is 11.9. The fraction of sp³-hybridized carbons (Fsp3) is 0.455. The normalized spacial score (nSPS) is 15.6. The van der Waals surface area contributed by atoms with Gasteiger partial charge < -0.3 is 4.52 Å². The highest BCUT2D eigenvalue weighted by Crippen LogP contribution is 2.33. The van der Waals surface area contributed by atoms with Crippen molar-refractivity contribution in [1.29, 1.82) is 0 Å². The second-order valence-corrected chi connectivity index (χ2v) is 4.28. The molecule has 0 radical (unpaired) electrons. The summed E-state index contributed by atoms with van der Waals surface area (Å²) in [7, 11) is 0. The summed E-state index contributed by atoms with van der Waals surface area (Å²) in [4.78, 5) is 11.9. The number of imidazole rings is 1. The number of aryl methyl sites for hydroxylation is 1. The van der Waals surface area contributed by atoms with E-state index >= 15 is 0 Å². The highest BCUT2D eigenvalue weighted by atomic mass is 16.5. The first-order valence-electron chi connectivity index (χ1n) is 5.43. The van der Waals surface area contributed by atoms with Crippen LogP contribution >= 0.6 is 0 Å². The van der Waals surface area contributed by atoms with Crippen LogP contribution in [0, 0.1) is 6.92 Å². The summed E-state index contributed by atoms with van der Waals surface area (Å²) in [6.45, 7) is 2.32. The van der Waals surface area contributed by atoms with Crippen molar-refractivity contribution in [3.63, 3.8) is 0 Å². The average Bonchev–Trinajstić information content (AvgIpc) is 2.93. The number of rotatable bonds is 3. The van der Waals surface area contributed by atoms with E-state index in [0.717, 1.165) is 24.3 Å². The van der Waals surface area contributed by atoms with Crippen LogP contribution in [0.25, 0.3) is 0 Å². The van der Waals surface area contributed by atoms with Crippen molar-refractivity contribution in [3.05, 3.63) is 40.4 Å². The van der Waals surface area contributed by atoms with Gasteiger partial charge in [-0.3, -0.25) is 9.13 Å². The van der Waals surface area contributed by atoms with Gasteiger partial charge >= 0.3 is 5.69 Å². The smallest absolute Gasteiger partial charge is 0.328 e. The molecule has 84 valence electrons. The number of aromatic nitrogens is 3. The second-order valence-electron chi connectivity index (χ2n) is 4.28. The van der Waals surface area contributed by atoms with Gasteiger partial charge in [0.15, 0.2) is 0 Å². The van der Waals surface area contributed by atoms with Gasteiger partial charge in [-0.15, -0.1) is 0 Å². The predicted molar refractivity (Wildman–Crippen MR) is 57.3 cm³/mol. The topological polar surface area (TPSA) is 53.0 Å². The average molecular weight is 219 g/mol. The van der Waals surface area contributed by atoms with Crippen LogP contribution in [0.3, 0.4) is 0 Å². The predicted octanol–water partition coefficient (Wildman–Crippen LogP) is 1.33. The summed E-state index contributed by atoms with van der Waals surface area (Å²) in [5.74, 6) is 0.768. The van der Waals surface area contributed by atoms with Crippen LogP contribution in [0.1, 0.15) is 30.3 Å². The minimum atomic E-state index is 0.0446. The van der Waals surface area contributed by atoms with E-state index in [-0.39, 0.29) is 5.69 Å². The molecule has 16 heavy (non-hydrogen) atoms. The van der Waals surface area contributed by atoms with Crippen molar-refractivity contribution in [2.75, 3.05) is 0 Å². The van der Waals surface area contributed by atoms with E-state index in [9.17, 15) is 4.79 Å². The molecule has 0 bridgehead atoms. The van der Waals surface area contributed by atoms with Gasteiger partial charge in [-0.1, -0.05) is 5.16 Å². The number of nitrogens with zero attached hydrogens (tertiary/aromatic N) is 3. The molecule has 1 aliphatic rings. The van der Waals surface area contributed by atoms with E-state index in [2.05, 4.69) is 5.16 Å². The first kappa shape index (κ1) is 9.45. The van der Waals surface area contributed by atoms with Crippen LogP contribution in [0.2, 0.25) is 0 Å². The van der Waals surface area contributed by atoms with E-state index in [4.69, 9.17) is 4.52 Å². The molecule has 2 aromatic heterocycles. The minimum Gasteiger partial charge on any atom is -0.361 e. The van der Waals surface area contributed by atoms with E-state index in [1.807, 2.05) is 25.4 Å². The summed E-state index contributed by atoms with van der Waals surface area (Å²) < 4.78 is 8.43. The lowest BCUT2D eigenvalue weighted by Gasteiger charge is -1.97. The Morgan fingerprint density at radius 1 is 1.50 bits per heavy atom. The first-order chi connectivity index (χ1) is 7.74. The van der Waals surface area contributed by atoms with Gasteiger partial charge in [0.2, 0.25) is 0 Å². The van der Waals surface area contributed by atoms with Crippen LogP contribution in [0.5, 0.6) is 0 Å². The molecule has 0 saturated heterocycles. The molecule has 1 saturated carbocycles. The fourth-order valence-corrected chi connectivity index (χ4v) is 1.85. The van der Waals surface area contributed by atoms with Crippen LogP contribution in [0.15, 0.2) is 27.8 Å². The minimum absolute atomic E-state index is 0.0446. The Labute approximate surface area is 92.3 Å². The van der Waals surface area contributed by atoms with Gasteiger partial charge in [0.1, 0.15) is 11.5 Å². The molecule has 0 spiro atoms. The molecule has 1 aliphatic carbocycles. The maximum absolute atomic E-state index is 11.9. The van der Waals surface area contributed by atoms with Crippen molar-refractivity contribution < 1.29 is 4.52 Å². The zero-order chi connectivity index (χ0) is 11.1. The SMILES string of the molecule is Cc1cc(Cn2ccn(C3CC3)c2=O)no1. The second kappa shape index (κ2) is 3.37.